The third-order valence-electron chi connectivity index (χ3n) is 6.70. The first-order valence-corrected chi connectivity index (χ1v) is 16.2. The van der Waals surface area contributed by atoms with E-state index >= 15 is 0 Å². The number of rotatable bonds is 6. The number of benzene rings is 3. The summed E-state index contributed by atoms with van der Waals surface area (Å²) in [6.07, 6.45) is 11.4. The van der Waals surface area contributed by atoms with Gasteiger partial charge in [0.2, 0.25) is 0 Å². The monoisotopic (exact) mass is 538 g/mol. The van der Waals surface area contributed by atoms with Crippen LogP contribution in [0.5, 0.6) is 0 Å². The molecule has 0 radical (unpaired) electrons. The zero-order valence-electron chi connectivity index (χ0n) is 17.5. The Labute approximate surface area is 210 Å². The molecule has 0 saturated heterocycles. The SMILES string of the molecule is C.C=CC[CH2][Zr+2]([C]1=CC=CC1)([c]1ccccc1)[CH]1c2ccccc2-c2ccccc21.[Cl-].[Cl-]. The molecule has 0 N–H and O–H groups in total. The van der Waals surface area contributed by atoms with Gasteiger partial charge in [0, 0.05) is 0 Å². The average molecular weight is 541 g/mol. The van der Waals surface area contributed by atoms with Gasteiger partial charge in [0.15, 0.2) is 0 Å². The van der Waals surface area contributed by atoms with E-state index in [1.165, 1.54) is 15.3 Å². The molecule has 3 heteroatoms. The molecular weight excluding hydrogens is 510 g/mol. The summed E-state index contributed by atoms with van der Waals surface area (Å²) in [5, 5.41) is 0. The molecule has 32 heavy (non-hydrogen) atoms. The van der Waals surface area contributed by atoms with Crippen molar-refractivity contribution in [1.82, 2.24) is 0 Å². The molecule has 0 aliphatic heterocycles. The van der Waals surface area contributed by atoms with Crippen LogP contribution < -0.4 is 28.1 Å². The van der Waals surface area contributed by atoms with Crippen LogP contribution in [0.15, 0.2) is 113 Å². The van der Waals surface area contributed by atoms with Crippen LogP contribution in [0.4, 0.5) is 0 Å². The molecule has 5 rings (SSSR count). The predicted molar refractivity (Wildman–Crippen MR) is 128 cm³/mol. The van der Waals surface area contributed by atoms with Crippen molar-refractivity contribution in [1.29, 1.82) is 0 Å². The molecule has 1 atom stereocenters. The van der Waals surface area contributed by atoms with Crippen molar-refractivity contribution in [3.05, 3.63) is 124 Å². The van der Waals surface area contributed by atoms with E-state index in [-0.39, 0.29) is 32.2 Å². The van der Waals surface area contributed by atoms with Crippen molar-refractivity contribution in [2.75, 3.05) is 0 Å². The summed E-state index contributed by atoms with van der Waals surface area (Å²) in [6.45, 7) is 4.10. The standard InChI is InChI=1S/C13H9.C6H5.C5H5.C4H7.CH4.2ClH.Zr/c1-3-7-12-10(5-1)9-11-6-2-4-8-13(11)12;1-2-4-6-5-3-1;1-2-4-5-3-1;1-3-4-2;;;;/h1-9H;1-5H;1-3H,4H2;3H,1-2,4H2;1H4;2*1H;/q;;;;;;;+2/p-2. The summed E-state index contributed by atoms with van der Waals surface area (Å²) in [6, 6.07) is 29.8. The molecule has 1 unspecified atom stereocenters. The Morgan fingerprint density at radius 1 is 0.812 bits per heavy atom. The molecule has 3 aromatic rings. The minimum Gasteiger partial charge on any atom is -1.00 e. The zero-order chi connectivity index (χ0) is 19.7. The second-order valence-corrected chi connectivity index (χ2v) is 18.5. The maximum Gasteiger partial charge on any atom is -1.00 e. The molecule has 2 aliphatic carbocycles. The minimum absolute atomic E-state index is 0. The molecule has 0 fully saturated rings. The third-order valence-corrected chi connectivity index (χ3v) is 20.4. The minimum atomic E-state index is -3.14. The fourth-order valence-electron chi connectivity index (χ4n) is 5.52. The van der Waals surface area contributed by atoms with Crippen molar-refractivity contribution in [3.8, 4) is 11.1 Å². The van der Waals surface area contributed by atoms with Crippen LogP contribution in [0.1, 0.15) is 35.0 Å². The van der Waals surface area contributed by atoms with Gasteiger partial charge in [0.1, 0.15) is 0 Å². The first-order chi connectivity index (χ1) is 14.4. The Balaban J connectivity index is 0.00000121. The van der Waals surface area contributed by atoms with Gasteiger partial charge in [-0.15, -0.1) is 0 Å². The second-order valence-electron chi connectivity index (χ2n) is 8.10. The molecule has 0 nitrogen and oxygen atoms in total. The molecule has 0 heterocycles. The Kier molecular flexibility index (Phi) is 9.53. The number of hydrogen-bond donors (Lipinski definition) is 0. The maximum atomic E-state index is 4.10. The van der Waals surface area contributed by atoms with Gasteiger partial charge in [-0.1, -0.05) is 7.43 Å². The summed E-state index contributed by atoms with van der Waals surface area (Å²) in [5.74, 6) is 0. The van der Waals surface area contributed by atoms with Crippen molar-refractivity contribution in [2.45, 2.75) is 28.0 Å². The van der Waals surface area contributed by atoms with Crippen LogP contribution in [0.25, 0.3) is 11.1 Å². The molecular formula is C29H30Cl2Zr. The largest absolute Gasteiger partial charge is 1.00 e. The molecule has 164 valence electrons. The van der Waals surface area contributed by atoms with Gasteiger partial charge < -0.3 is 24.8 Å². The van der Waals surface area contributed by atoms with Gasteiger partial charge in [0.05, 0.1) is 0 Å². The van der Waals surface area contributed by atoms with Gasteiger partial charge in [-0.25, -0.2) is 0 Å². The van der Waals surface area contributed by atoms with Crippen LogP contribution >= 0.6 is 0 Å². The molecule has 0 amide bonds. The summed E-state index contributed by atoms with van der Waals surface area (Å²) >= 11 is -3.14. The van der Waals surface area contributed by atoms with Gasteiger partial charge in [-0.3, -0.25) is 0 Å². The van der Waals surface area contributed by atoms with E-state index in [4.69, 9.17) is 0 Å². The first kappa shape index (κ1) is 26.6. The van der Waals surface area contributed by atoms with E-state index in [1.807, 2.05) is 0 Å². The third kappa shape index (κ3) is 4.28. The fourth-order valence-corrected chi connectivity index (χ4v) is 19.9. The number of halogens is 2. The Morgan fingerprint density at radius 3 is 1.91 bits per heavy atom. The second kappa shape index (κ2) is 11.5. The van der Waals surface area contributed by atoms with E-state index in [2.05, 4.69) is 110 Å². The van der Waals surface area contributed by atoms with Crippen LogP contribution in [0, 0.1) is 0 Å². The Hall–Kier alpha value is -1.66. The number of allylic oxidation sites excluding steroid dienone is 5. The van der Waals surface area contributed by atoms with Gasteiger partial charge >= 0.3 is 179 Å². The van der Waals surface area contributed by atoms with E-state index < -0.39 is 20.3 Å². The van der Waals surface area contributed by atoms with Crippen molar-refractivity contribution < 1.29 is 45.1 Å². The maximum absolute atomic E-state index is 4.10. The average Bonchev–Trinajstić information content (AvgIpc) is 3.43. The van der Waals surface area contributed by atoms with Gasteiger partial charge in [-0.05, 0) is 0 Å². The van der Waals surface area contributed by atoms with E-state index in [9.17, 15) is 0 Å². The topological polar surface area (TPSA) is 0 Å². The van der Waals surface area contributed by atoms with Crippen molar-refractivity contribution in [2.24, 2.45) is 0 Å². The van der Waals surface area contributed by atoms with E-state index in [0.717, 1.165) is 12.8 Å². The summed E-state index contributed by atoms with van der Waals surface area (Å²) < 4.78 is 5.13. The fraction of sp³-hybridized carbons (Fsp3) is 0.172. The molecule has 0 aromatic heterocycles. The molecule has 0 bridgehead atoms. The van der Waals surface area contributed by atoms with Crippen LogP contribution in [0.3, 0.4) is 0 Å². The van der Waals surface area contributed by atoms with Crippen LogP contribution in [-0.2, 0) is 20.3 Å². The number of fused-ring (bicyclic) bond motifs is 3. The molecule has 0 saturated carbocycles. The quantitative estimate of drug-likeness (QED) is 0.418. The molecule has 0 spiro atoms. The molecule has 3 aromatic carbocycles. The summed E-state index contributed by atoms with van der Waals surface area (Å²) in [5.41, 5.74) is 5.97. The van der Waals surface area contributed by atoms with Gasteiger partial charge in [-0.2, -0.15) is 0 Å². The zero-order valence-corrected chi connectivity index (χ0v) is 21.4. The number of hydrogen-bond acceptors (Lipinski definition) is 0. The first-order valence-electron chi connectivity index (χ1n) is 10.6. The molecule has 2 aliphatic rings. The van der Waals surface area contributed by atoms with E-state index in [0.29, 0.717) is 3.63 Å². The van der Waals surface area contributed by atoms with Crippen molar-refractivity contribution in [3.63, 3.8) is 0 Å². The van der Waals surface area contributed by atoms with Crippen molar-refractivity contribution >= 4 is 3.27 Å². The van der Waals surface area contributed by atoms with Gasteiger partial charge in [0.25, 0.3) is 0 Å². The smallest absolute Gasteiger partial charge is 1.00 e. The van der Waals surface area contributed by atoms with Crippen LogP contribution in [0.2, 0.25) is 4.13 Å². The van der Waals surface area contributed by atoms with Crippen LogP contribution in [-0.4, -0.2) is 0 Å². The Bertz CT molecular complexity index is 1070. The summed E-state index contributed by atoms with van der Waals surface area (Å²) in [7, 11) is 0. The normalized spacial score (nSPS) is 14.2. The Morgan fingerprint density at radius 2 is 1.38 bits per heavy atom. The predicted octanol–water partition coefficient (Wildman–Crippen LogP) is 1.72. The summed E-state index contributed by atoms with van der Waals surface area (Å²) in [4.78, 5) is 0. The van der Waals surface area contributed by atoms with E-state index in [1.54, 1.807) is 17.7 Å².